The second-order valence-electron chi connectivity index (χ2n) is 4.11. The van der Waals surface area contributed by atoms with Crippen molar-refractivity contribution in [3.05, 3.63) is 29.1 Å². The van der Waals surface area contributed by atoms with Crippen LogP contribution in [-0.4, -0.2) is 20.0 Å². The van der Waals surface area contributed by atoms with Gasteiger partial charge in [-0.25, -0.2) is 0 Å². The van der Waals surface area contributed by atoms with Crippen LogP contribution >= 0.6 is 0 Å². The number of aryl methyl sites for hydroxylation is 2. The molecule has 0 bridgehead atoms. The summed E-state index contributed by atoms with van der Waals surface area (Å²) in [6, 6.07) is 3.80. The van der Waals surface area contributed by atoms with Crippen molar-refractivity contribution >= 4 is 5.82 Å². The van der Waals surface area contributed by atoms with E-state index in [9.17, 15) is 0 Å². The minimum absolute atomic E-state index is 0.692. The SMILES string of the molecule is Cc1ccc(-n2nc3c(c2N)CCC3)nn1. The van der Waals surface area contributed by atoms with Crippen molar-refractivity contribution in [3.8, 4) is 5.82 Å². The normalized spacial score (nSPS) is 14.1. The summed E-state index contributed by atoms with van der Waals surface area (Å²) < 4.78 is 1.69. The smallest absolute Gasteiger partial charge is 0.178 e. The van der Waals surface area contributed by atoms with E-state index in [1.807, 2.05) is 19.1 Å². The Morgan fingerprint density at radius 2 is 2.12 bits per heavy atom. The van der Waals surface area contributed by atoms with E-state index in [4.69, 9.17) is 5.73 Å². The third-order valence-electron chi connectivity index (χ3n) is 2.95. The maximum Gasteiger partial charge on any atom is 0.178 e. The van der Waals surface area contributed by atoms with Gasteiger partial charge in [0.25, 0.3) is 0 Å². The fourth-order valence-electron chi connectivity index (χ4n) is 2.10. The van der Waals surface area contributed by atoms with Crippen molar-refractivity contribution in [1.29, 1.82) is 0 Å². The minimum Gasteiger partial charge on any atom is -0.383 e. The van der Waals surface area contributed by atoms with E-state index < -0.39 is 0 Å². The minimum atomic E-state index is 0.692. The number of fused-ring (bicyclic) bond motifs is 1. The van der Waals surface area contributed by atoms with E-state index in [1.165, 1.54) is 5.56 Å². The van der Waals surface area contributed by atoms with Crippen LogP contribution in [0.15, 0.2) is 12.1 Å². The molecular formula is C11H13N5. The van der Waals surface area contributed by atoms with Crippen LogP contribution in [0.5, 0.6) is 0 Å². The fraction of sp³-hybridized carbons (Fsp3) is 0.364. The molecule has 3 rings (SSSR count). The molecule has 0 atom stereocenters. The molecule has 0 aliphatic heterocycles. The molecule has 0 saturated heterocycles. The first-order chi connectivity index (χ1) is 7.75. The van der Waals surface area contributed by atoms with Crippen LogP contribution in [0.2, 0.25) is 0 Å². The van der Waals surface area contributed by atoms with Crippen molar-refractivity contribution in [2.24, 2.45) is 0 Å². The number of nitrogen functional groups attached to an aromatic ring is 1. The predicted molar refractivity (Wildman–Crippen MR) is 60.3 cm³/mol. The number of hydrogen-bond donors (Lipinski definition) is 1. The van der Waals surface area contributed by atoms with Gasteiger partial charge < -0.3 is 5.73 Å². The first-order valence-corrected chi connectivity index (χ1v) is 5.42. The quantitative estimate of drug-likeness (QED) is 0.771. The highest BCUT2D eigenvalue weighted by Crippen LogP contribution is 2.27. The van der Waals surface area contributed by atoms with Crippen molar-refractivity contribution in [1.82, 2.24) is 20.0 Å². The molecule has 1 aliphatic carbocycles. The fourth-order valence-corrected chi connectivity index (χ4v) is 2.10. The molecule has 16 heavy (non-hydrogen) atoms. The van der Waals surface area contributed by atoms with E-state index in [0.29, 0.717) is 11.6 Å². The first kappa shape index (κ1) is 9.33. The number of aromatic nitrogens is 4. The van der Waals surface area contributed by atoms with Crippen molar-refractivity contribution < 1.29 is 0 Å². The van der Waals surface area contributed by atoms with E-state index >= 15 is 0 Å². The van der Waals surface area contributed by atoms with Gasteiger partial charge in [0.15, 0.2) is 5.82 Å². The van der Waals surface area contributed by atoms with Gasteiger partial charge in [0.05, 0.1) is 11.4 Å². The van der Waals surface area contributed by atoms with Gasteiger partial charge in [-0.3, -0.25) is 0 Å². The Morgan fingerprint density at radius 3 is 2.81 bits per heavy atom. The highest BCUT2D eigenvalue weighted by atomic mass is 15.4. The molecule has 2 aromatic heterocycles. The zero-order chi connectivity index (χ0) is 11.1. The van der Waals surface area contributed by atoms with Crippen molar-refractivity contribution in [2.45, 2.75) is 26.2 Å². The van der Waals surface area contributed by atoms with Gasteiger partial charge in [0.1, 0.15) is 5.82 Å². The van der Waals surface area contributed by atoms with Crippen molar-refractivity contribution in [2.75, 3.05) is 5.73 Å². The summed E-state index contributed by atoms with van der Waals surface area (Å²) in [5.74, 6) is 1.41. The second-order valence-corrected chi connectivity index (χ2v) is 4.11. The lowest BCUT2D eigenvalue weighted by atomic mass is 10.2. The number of nitrogens with zero attached hydrogens (tertiary/aromatic N) is 4. The monoisotopic (exact) mass is 215 g/mol. The molecule has 0 amide bonds. The summed E-state index contributed by atoms with van der Waals surface area (Å²) in [5, 5.41) is 12.6. The maximum atomic E-state index is 6.06. The molecule has 5 nitrogen and oxygen atoms in total. The molecule has 0 radical (unpaired) electrons. The molecule has 2 N–H and O–H groups in total. The molecule has 5 heteroatoms. The van der Waals surface area contributed by atoms with Gasteiger partial charge in [0.2, 0.25) is 0 Å². The predicted octanol–water partition coefficient (Wildman–Crippen LogP) is 1.04. The van der Waals surface area contributed by atoms with Crippen molar-refractivity contribution in [3.63, 3.8) is 0 Å². The Bertz CT molecular complexity index is 526. The maximum absolute atomic E-state index is 6.06. The van der Waals surface area contributed by atoms with Gasteiger partial charge in [0, 0.05) is 5.56 Å². The zero-order valence-electron chi connectivity index (χ0n) is 9.14. The zero-order valence-corrected chi connectivity index (χ0v) is 9.14. The lowest BCUT2D eigenvalue weighted by Gasteiger charge is -2.03. The van der Waals surface area contributed by atoms with Crippen LogP contribution in [-0.2, 0) is 12.8 Å². The third-order valence-corrected chi connectivity index (χ3v) is 2.95. The number of rotatable bonds is 1. The standard InChI is InChI=1S/C11H13N5/c1-7-5-6-10(14-13-7)16-11(12)8-3-2-4-9(8)15-16/h5-6H,2-4,12H2,1H3. The van der Waals surface area contributed by atoms with Crippen LogP contribution in [0.4, 0.5) is 5.82 Å². The Hall–Kier alpha value is -1.91. The molecule has 2 aromatic rings. The molecule has 0 saturated carbocycles. The Morgan fingerprint density at radius 1 is 1.25 bits per heavy atom. The number of anilines is 1. The average molecular weight is 215 g/mol. The van der Waals surface area contributed by atoms with E-state index in [2.05, 4.69) is 15.3 Å². The number of hydrogen-bond acceptors (Lipinski definition) is 4. The summed E-state index contributed by atoms with van der Waals surface area (Å²) in [7, 11) is 0. The summed E-state index contributed by atoms with van der Waals surface area (Å²) in [4.78, 5) is 0. The van der Waals surface area contributed by atoms with Crippen LogP contribution in [0.3, 0.4) is 0 Å². The van der Waals surface area contributed by atoms with Gasteiger partial charge in [-0.15, -0.1) is 5.10 Å². The molecule has 2 heterocycles. The Labute approximate surface area is 93.3 Å². The molecule has 0 unspecified atom stereocenters. The Balaban J connectivity index is 2.10. The highest BCUT2D eigenvalue weighted by molar-refractivity contribution is 5.49. The van der Waals surface area contributed by atoms with E-state index in [0.717, 1.165) is 30.7 Å². The molecular weight excluding hydrogens is 202 g/mol. The molecule has 0 fully saturated rings. The summed E-state index contributed by atoms with van der Waals surface area (Å²) in [6.07, 6.45) is 3.20. The van der Waals surface area contributed by atoms with Gasteiger partial charge in [-0.2, -0.15) is 14.9 Å². The van der Waals surface area contributed by atoms with E-state index in [1.54, 1.807) is 4.68 Å². The Kier molecular flexibility index (Phi) is 1.92. The van der Waals surface area contributed by atoms with Crippen LogP contribution in [0, 0.1) is 6.92 Å². The average Bonchev–Trinajstić information content (AvgIpc) is 2.84. The topological polar surface area (TPSA) is 69.6 Å². The van der Waals surface area contributed by atoms with Gasteiger partial charge in [-0.1, -0.05) is 0 Å². The second kappa shape index (κ2) is 3.30. The van der Waals surface area contributed by atoms with Crippen LogP contribution in [0.1, 0.15) is 23.4 Å². The molecule has 82 valence electrons. The number of nitrogens with two attached hydrogens (primary N) is 1. The van der Waals surface area contributed by atoms with Gasteiger partial charge in [-0.05, 0) is 38.3 Å². The third kappa shape index (κ3) is 1.28. The largest absolute Gasteiger partial charge is 0.383 e. The summed E-state index contributed by atoms with van der Waals surface area (Å²) in [6.45, 7) is 1.91. The van der Waals surface area contributed by atoms with Crippen LogP contribution < -0.4 is 5.73 Å². The lowest BCUT2D eigenvalue weighted by Crippen LogP contribution is -2.06. The summed E-state index contributed by atoms with van der Waals surface area (Å²) in [5.41, 5.74) is 9.24. The highest BCUT2D eigenvalue weighted by Gasteiger charge is 2.21. The molecule has 0 spiro atoms. The van der Waals surface area contributed by atoms with Gasteiger partial charge >= 0.3 is 0 Å². The molecule has 1 aliphatic rings. The first-order valence-electron chi connectivity index (χ1n) is 5.42. The molecule has 0 aromatic carbocycles. The summed E-state index contributed by atoms with van der Waals surface area (Å²) >= 11 is 0. The van der Waals surface area contributed by atoms with E-state index in [-0.39, 0.29) is 0 Å². The van der Waals surface area contributed by atoms with Crippen LogP contribution in [0.25, 0.3) is 5.82 Å². The lowest BCUT2D eigenvalue weighted by molar-refractivity contribution is 0.772.